The fourth-order valence-corrected chi connectivity index (χ4v) is 4.33. The highest BCUT2D eigenvalue weighted by atomic mass is 16.6. The third-order valence-corrected chi connectivity index (χ3v) is 6.26. The molecule has 0 spiro atoms. The molecule has 1 aliphatic heterocycles. The summed E-state index contributed by atoms with van der Waals surface area (Å²) in [5.74, 6) is 1.89. The number of non-ortho nitro benzene ring substituents is 1. The molecule has 0 N–H and O–H groups in total. The normalized spacial score (nSPS) is 13.9. The number of aryl methyl sites for hydroxylation is 2. The second-order valence-corrected chi connectivity index (χ2v) is 8.79. The zero-order valence-corrected chi connectivity index (χ0v) is 20.0. The summed E-state index contributed by atoms with van der Waals surface area (Å²) in [4.78, 5) is 36.7. The number of hydrogen-bond acceptors (Lipinski definition) is 6. The summed E-state index contributed by atoms with van der Waals surface area (Å²) in [5, 5.41) is 10.9. The molecule has 33 heavy (non-hydrogen) atoms. The molecule has 8 nitrogen and oxygen atoms in total. The van der Waals surface area contributed by atoms with E-state index in [4.69, 9.17) is 4.98 Å². The van der Waals surface area contributed by atoms with Gasteiger partial charge in [-0.1, -0.05) is 44.7 Å². The molecule has 0 bridgehead atoms. The molecule has 0 aliphatic carbocycles. The summed E-state index contributed by atoms with van der Waals surface area (Å²) in [5.41, 5.74) is 3.02. The van der Waals surface area contributed by atoms with E-state index >= 15 is 0 Å². The van der Waals surface area contributed by atoms with Crippen LogP contribution in [0.3, 0.4) is 0 Å². The second kappa shape index (κ2) is 11.7. The monoisotopic (exact) mass is 453 g/mol. The molecule has 178 valence electrons. The van der Waals surface area contributed by atoms with E-state index in [1.165, 1.54) is 31.4 Å². The van der Waals surface area contributed by atoms with Gasteiger partial charge in [0.05, 0.1) is 4.92 Å². The van der Waals surface area contributed by atoms with Gasteiger partial charge in [-0.05, 0) is 25.8 Å². The molecule has 0 atom stereocenters. The minimum absolute atomic E-state index is 0.0852. The Labute approximate surface area is 196 Å². The lowest BCUT2D eigenvalue weighted by Crippen LogP contribution is -2.49. The highest BCUT2D eigenvalue weighted by molar-refractivity contribution is 5.76. The Bertz CT molecular complexity index is 953. The minimum Gasteiger partial charge on any atom is -0.353 e. The predicted molar refractivity (Wildman–Crippen MR) is 130 cm³/mol. The van der Waals surface area contributed by atoms with Crippen molar-refractivity contribution in [2.24, 2.45) is 0 Å². The molecule has 1 amide bonds. The van der Waals surface area contributed by atoms with Gasteiger partial charge in [-0.25, -0.2) is 9.97 Å². The van der Waals surface area contributed by atoms with Crippen molar-refractivity contribution in [1.29, 1.82) is 0 Å². The van der Waals surface area contributed by atoms with Gasteiger partial charge in [0.25, 0.3) is 5.69 Å². The number of anilines is 1. The summed E-state index contributed by atoms with van der Waals surface area (Å²) < 4.78 is 0. The van der Waals surface area contributed by atoms with E-state index in [-0.39, 0.29) is 16.5 Å². The summed E-state index contributed by atoms with van der Waals surface area (Å²) in [6, 6.07) is 6.65. The fraction of sp³-hybridized carbons (Fsp3) is 0.560. The van der Waals surface area contributed by atoms with Crippen LogP contribution in [0.25, 0.3) is 0 Å². The first-order valence-corrected chi connectivity index (χ1v) is 12.0. The number of hydrogen-bond donors (Lipinski definition) is 0. The number of nitro benzene ring substituents is 1. The molecule has 1 saturated heterocycles. The van der Waals surface area contributed by atoms with Gasteiger partial charge in [-0.3, -0.25) is 14.9 Å². The van der Waals surface area contributed by atoms with Gasteiger partial charge >= 0.3 is 0 Å². The number of carbonyl (C=O) groups is 1. The molecule has 1 aromatic carbocycles. The zero-order valence-electron chi connectivity index (χ0n) is 20.0. The summed E-state index contributed by atoms with van der Waals surface area (Å²) in [6.45, 7) is 8.96. The molecule has 1 aliphatic rings. The van der Waals surface area contributed by atoms with Crippen LogP contribution in [0.2, 0.25) is 0 Å². The fourth-order valence-electron chi connectivity index (χ4n) is 4.33. The van der Waals surface area contributed by atoms with Crippen LogP contribution < -0.4 is 4.90 Å². The van der Waals surface area contributed by atoms with Crippen molar-refractivity contribution in [2.75, 3.05) is 31.1 Å². The van der Waals surface area contributed by atoms with E-state index < -0.39 is 0 Å². The number of carbonyl (C=O) groups excluding carboxylic acids is 1. The number of rotatable bonds is 10. The van der Waals surface area contributed by atoms with Crippen LogP contribution in [-0.2, 0) is 11.2 Å². The standard InChI is InChI=1S/C25H35N5O3/c1-4-5-6-7-8-9-24(31)28-14-16-29(17-15-28)25-23(19(2)26-20(3)27-25)18-21-10-12-22(13-11-21)30(32)33/h10-13H,4-9,14-18H2,1-3H3. The van der Waals surface area contributed by atoms with Crippen molar-refractivity contribution in [3.63, 3.8) is 0 Å². The molecule has 2 aromatic rings. The maximum absolute atomic E-state index is 12.6. The van der Waals surface area contributed by atoms with Crippen molar-refractivity contribution in [3.05, 3.63) is 57.0 Å². The first-order valence-electron chi connectivity index (χ1n) is 12.0. The lowest BCUT2D eigenvalue weighted by atomic mass is 10.0. The Hall–Kier alpha value is -3.03. The molecule has 1 aromatic heterocycles. The number of nitrogens with zero attached hydrogens (tertiary/aromatic N) is 5. The maximum atomic E-state index is 12.6. The van der Waals surface area contributed by atoms with E-state index in [2.05, 4.69) is 16.8 Å². The Balaban J connectivity index is 1.65. The molecule has 2 heterocycles. The number of benzene rings is 1. The average molecular weight is 454 g/mol. The van der Waals surface area contributed by atoms with Gasteiger partial charge in [0, 0.05) is 62.4 Å². The molecular formula is C25H35N5O3. The van der Waals surface area contributed by atoms with Gasteiger partial charge in [0.15, 0.2) is 0 Å². The van der Waals surface area contributed by atoms with E-state index in [0.717, 1.165) is 54.4 Å². The quantitative estimate of drug-likeness (QED) is 0.296. The van der Waals surface area contributed by atoms with Crippen molar-refractivity contribution in [1.82, 2.24) is 14.9 Å². The number of unbranched alkanes of at least 4 members (excludes halogenated alkanes) is 4. The molecule has 0 unspecified atom stereocenters. The third-order valence-electron chi connectivity index (χ3n) is 6.26. The predicted octanol–water partition coefficient (Wildman–Crippen LogP) is 4.60. The number of amides is 1. The Morgan fingerprint density at radius 3 is 2.30 bits per heavy atom. The van der Waals surface area contributed by atoms with E-state index in [1.54, 1.807) is 12.1 Å². The van der Waals surface area contributed by atoms with E-state index in [9.17, 15) is 14.9 Å². The van der Waals surface area contributed by atoms with Crippen molar-refractivity contribution >= 4 is 17.4 Å². The highest BCUT2D eigenvalue weighted by Crippen LogP contribution is 2.26. The van der Waals surface area contributed by atoms with Gasteiger partial charge in [-0.15, -0.1) is 0 Å². The van der Waals surface area contributed by atoms with Crippen LogP contribution in [0, 0.1) is 24.0 Å². The largest absolute Gasteiger partial charge is 0.353 e. The molecule has 1 fully saturated rings. The maximum Gasteiger partial charge on any atom is 0.269 e. The van der Waals surface area contributed by atoms with Crippen LogP contribution in [0.1, 0.15) is 68.1 Å². The van der Waals surface area contributed by atoms with Crippen molar-refractivity contribution < 1.29 is 9.72 Å². The second-order valence-electron chi connectivity index (χ2n) is 8.79. The first kappa shape index (κ1) is 24.6. The zero-order chi connectivity index (χ0) is 23.8. The Kier molecular flexibility index (Phi) is 8.74. The molecule has 0 radical (unpaired) electrons. The van der Waals surface area contributed by atoms with E-state index in [1.807, 2.05) is 18.7 Å². The smallest absolute Gasteiger partial charge is 0.269 e. The van der Waals surface area contributed by atoms with Crippen molar-refractivity contribution in [3.8, 4) is 0 Å². The summed E-state index contributed by atoms with van der Waals surface area (Å²) in [6.07, 6.45) is 7.02. The Morgan fingerprint density at radius 1 is 1.00 bits per heavy atom. The van der Waals surface area contributed by atoms with Crippen LogP contribution >= 0.6 is 0 Å². The minimum atomic E-state index is -0.387. The van der Waals surface area contributed by atoms with E-state index in [0.29, 0.717) is 25.9 Å². The molecule has 3 rings (SSSR count). The van der Waals surface area contributed by atoms with Crippen LogP contribution in [-0.4, -0.2) is 51.9 Å². The first-order chi connectivity index (χ1) is 15.9. The summed E-state index contributed by atoms with van der Waals surface area (Å²) in [7, 11) is 0. The third kappa shape index (κ3) is 6.73. The number of aromatic nitrogens is 2. The van der Waals surface area contributed by atoms with Gasteiger partial charge in [0.2, 0.25) is 5.91 Å². The van der Waals surface area contributed by atoms with Crippen LogP contribution in [0.4, 0.5) is 11.5 Å². The van der Waals surface area contributed by atoms with Crippen LogP contribution in [0.5, 0.6) is 0 Å². The molecular weight excluding hydrogens is 418 g/mol. The Morgan fingerprint density at radius 2 is 1.67 bits per heavy atom. The number of piperazine rings is 1. The summed E-state index contributed by atoms with van der Waals surface area (Å²) >= 11 is 0. The SMILES string of the molecule is CCCCCCCC(=O)N1CCN(c2nc(C)nc(C)c2Cc2ccc([N+](=O)[O-])cc2)CC1. The molecule has 8 heteroatoms. The lowest BCUT2D eigenvalue weighted by Gasteiger charge is -2.36. The van der Waals surface area contributed by atoms with Gasteiger partial charge in [-0.2, -0.15) is 0 Å². The lowest BCUT2D eigenvalue weighted by molar-refractivity contribution is -0.384. The molecule has 0 saturated carbocycles. The van der Waals surface area contributed by atoms with Crippen molar-refractivity contribution in [2.45, 2.75) is 65.7 Å². The number of nitro groups is 1. The van der Waals surface area contributed by atoms with Gasteiger partial charge in [0.1, 0.15) is 11.6 Å². The highest BCUT2D eigenvalue weighted by Gasteiger charge is 2.24. The average Bonchev–Trinajstić information content (AvgIpc) is 2.81. The topological polar surface area (TPSA) is 92.5 Å². The van der Waals surface area contributed by atoms with Crippen LogP contribution in [0.15, 0.2) is 24.3 Å². The van der Waals surface area contributed by atoms with Gasteiger partial charge < -0.3 is 9.80 Å².